The van der Waals surface area contributed by atoms with E-state index in [1.165, 1.54) is 0 Å². The Balaban J connectivity index is 3.27. The first-order valence-electron chi connectivity index (χ1n) is 2.91. The molecule has 6 heteroatoms. The Morgan fingerprint density at radius 3 is 2.33 bits per heavy atom. The molecule has 0 fully saturated rings. The van der Waals surface area contributed by atoms with Gasteiger partial charge in [-0.15, -0.1) is 5.10 Å². The predicted molar refractivity (Wildman–Crippen MR) is 36.0 cm³/mol. The Morgan fingerprint density at radius 1 is 1.25 bits per heavy atom. The first kappa shape index (κ1) is 8.12. The fourth-order valence-corrected chi connectivity index (χ4v) is 0.662. The molecule has 0 radical (unpaired) electrons. The molecule has 0 aromatic carbocycles. The molecule has 2 N–H and O–H groups in total. The van der Waals surface area contributed by atoms with Crippen molar-refractivity contribution >= 4 is 11.9 Å². The van der Waals surface area contributed by atoms with Crippen LogP contribution in [0.3, 0.4) is 0 Å². The first-order valence-corrected chi connectivity index (χ1v) is 2.91. The van der Waals surface area contributed by atoms with Crippen LogP contribution in [0.2, 0.25) is 0 Å². The van der Waals surface area contributed by atoms with Crippen molar-refractivity contribution < 1.29 is 19.8 Å². The van der Waals surface area contributed by atoms with Crippen LogP contribution < -0.4 is 0 Å². The van der Waals surface area contributed by atoms with E-state index < -0.39 is 17.6 Å². The number of aromatic carboxylic acids is 2. The molecular weight excluding hydrogens is 164 g/mol. The topological polar surface area (TPSA) is 100 Å². The highest BCUT2D eigenvalue weighted by Gasteiger charge is 2.16. The molecule has 0 spiro atoms. The van der Waals surface area contributed by atoms with Crippen molar-refractivity contribution in [2.75, 3.05) is 0 Å². The Labute approximate surface area is 66.5 Å². The molecule has 1 heterocycles. The van der Waals surface area contributed by atoms with Crippen LogP contribution in [0.1, 0.15) is 20.8 Å². The van der Waals surface area contributed by atoms with Crippen LogP contribution in [0, 0.1) is 0 Å². The van der Waals surface area contributed by atoms with Gasteiger partial charge in [-0.3, -0.25) is 0 Å². The average Bonchev–Trinajstić information content (AvgIpc) is 2.04. The van der Waals surface area contributed by atoms with Gasteiger partial charge in [0.25, 0.3) is 0 Å². The van der Waals surface area contributed by atoms with Gasteiger partial charge in [0.1, 0.15) is 0 Å². The van der Waals surface area contributed by atoms with Crippen LogP contribution in [0.15, 0.2) is 12.3 Å². The Morgan fingerprint density at radius 2 is 1.92 bits per heavy atom. The van der Waals surface area contributed by atoms with Crippen LogP contribution in [-0.2, 0) is 0 Å². The Bertz CT molecular complexity index is 303. The summed E-state index contributed by atoms with van der Waals surface area (Å²) in [7, 11) is 0. The molecule has 1 rings (SSSR count). The SMILES string of the molecule is O=C(O)c1ccnnc1C(=O)O. The van der Waals surface area contributed by atoms with Crippen LogP contribution in [0.5, 0.6) is 0 Å². The number of carboxylic acid groups (broad SMARTS) is 2. The van der Waals surface area contributed by atoms with Gasteiger partial charge in [-0.2, -0.15) is 5.10 Å². The Kier molecular flexibility index (Phi) is 2.00. The third kappa shape index (κ3) is 1.36. The number of hydrogen-bond acceptors (Lipinski definition) is 4. The van der Waals surface area contributed by atoms with Crippen molar-refractivity contribution in [3.05, 3.63) is 23.5 Å². The molecule has 1 aromatic rings. The van der Waals surface area contributed by atoms with Crippen LogP contribution in [-0.4, -0.2) is 32.3 Å². The molecule has 12 heavy (non-hydrogen) atoms. The molecule has 0 aliphatic carbocycles. The second-order valence-corrected chi connectivity index (χ2v) is 1.90. The van der Waals surface area contributed by atoms with Crippen LogP contribution in [0.4, 0.5) is 0 Å². The molecule has 6 nitrogen and oxygen atoms in total. The lowest BCUT2D eigenvalue weighted by Crippen LogP contribution is -2.10. The largest absolute Gasteiger partial charge is 0.478 e. The fraction of sp³-hybridized carbons (Fsp3) is 0. The second kappa shape index (κ2) is 2.95. The minimum Gasteiger partial charge on any atom is -0.478 e. The quantitative estimate of drug-likeness (QED) is 0.638. The molecule has 0 saturated heterocycles. The third-order valence-corrected chi connectivity index (χ3v) is 1.15. The zero-order valence-electron chi connectivity index (χ0n) is 5.76. The second-order valence-electron chi connectivity index (χ2n) is 1.90. The maximum atomic E-state index is 10.4. The summed E-state index contributed by atoms with van der Waals surface area (Å²) in [6, 6.07) is 1.08. The summed E-state index contributed by atoms with van der Waals surface area (Å²) in [4.78, 5) is 20.8. The lowest BCUT2D eigenvalue weighted by atomic mass is 10.2. The molecule has 0 atom stereocenters. The number of carboxylic acids is 2. The number of hydrogen-bond donors (Lipinski definition) is 2. The van der Waals surface area contributed by atoms with Gasteiger partial charge >= 0.3 is 11.9 Å². The van der Waals surface area contributed by atoms with Gasteiger partial charge in [-0.25, -0.2) is 9.59 Å². The highest BCUT2D eigenvalue weighted by Crippen LogP contribution is 2.02. The number of aromatic nitrogens is 2. The molecule has 0 aliphatic rings. The number of carbonyl (C=O) groups is 2. The molecule has 0 saturated carbocycles. The molecule has 1 aromatic heterocycles. The van der Waals surface area contributed by atoms with Gasteiger partial charge in [-0.1, -0.05) is 0 Å². The number of nitrogens with zero attached hydrogens (tertiary/aromatic N) is 2. The third-order valence-electron chi connectivity index (χ3n) is 1.15. The van der Waals surface area contributed by atoms with E-state index in [1.54, 1.807) is 0 Å². The summed E-state index contributed by atoms with van der Waals surface area (Å²) in [5.74, 6) is -2.73. The van der Waals surface area contributed by atoms with E-state index in [4.69, 9.17) is 10.2 Å². The highest BCUT2D eigenvalue weighted by molar-refractivity contribution is 5.99. The minimum atomic E-state index is -1.40. The summed E-state index contributed by atoms with van der Waals surface area (Å²) in [6.45, 7) is 0. The Hall–Kier alpha value is -1.98. The van der Waals surface area contributed by atoms with Gasteiger partial charge in [0.2, 0.25) is 0 Å². The van der Waals surface area contributed by atoms with Gasteiger partial charge in [0.05, 0.1) is 11.8 Å². The summed E-state index contributed by atoms with van der Waals surface area (Å²) in [6.07, 6.45) is 1.12. The lowest BCUT2D eigenvalue weighted by Gasteiger charge is -1.96. The summed E-state index contributed by atoms with van der Waals surface area (Å²) in [5, 5.41) is 23.4. The highest BCUT2D eigenvalue weighted by atomic mass is 16.4. The van der Waals surface area contributed by atoms with E-state index in [0.29, 0.717) is 0 Å². The van der Waals surface area contributed by atoms with Gasteiger partial charge in [0.15, 0.2) is 5.69 Å². The maximum absolute atomic E-state index is 10.4. The molecule has 0 bridgehead atoms. The minimum absolute atomic E-state index is 0.363. The van der Waals surface area contributed by atoms with Crippen molar-refractivity contribution in [1.29, 1.82) is 0 Å². The smallest absolute Gasteiger partial charge is 0.357 e. The molecular formula is C6H4N2O4. The fourth-order valence-electron chi connectivity index (χ4n) is 0.662. The van der Waals surface area contributed by atoms with E-state index in [1.807, 2.05) is 0 Å². The van der Waals surface area contributed by atoms with E-state index in [2.05, 4.69) is 10.2 Å². The van der Waals surface area contributed by atoms with Crippen molar-refractivity contribution in [2.45, 2.75) is 0 Å². The normalized spacial score (nSPS) is 9.33. The first-order chi connectivity index (χ1) is 5.63. The van der Waals surface area contributed by atoms with Crippen molar-refractivity contribution in [1.82, 2.24) is 10.2 Å². The van der Waals surface area contributed by atoms with Crippen molar-refractivity contribution in [3.63, 3.8) is 0 Å². The molecule has 0 unspecified atom stereocenters. The zero-order valence-corrected chi connectivity index (χ0v) is 5.76. The molecule has 0 amide bonds. The van der Waals surface area contributed by atoms with Crippen molar-refractivity contribution in [3.8, 4) is 0 Å². The molecule has 0 aliphatic heterocycles. The van der Waals surface area contributed by atoms with Gasteiger partial charge < -0.3 is 10.2 Å². The number of rotatable bonds is 2. The lowest BCUT2D eigenvalue weighted by molar-refractivity contribution is 0.0645. The summed E-state index contributed by atoms with van der Waals surface area (Å²) in [5.41, 5.74) is -0.914. The zero-order chi connectivity index (χ0) is 9.14. The van der Waals surface area contributed by atoms with E-state index in [9.17, 15) is 9.59 Å². The van der Waals surface area contributed by atoms with E-state index in [0.717, 1.165) is 12.3 Å². The van der Waals surface area contributed by atoms with Gasteiger partial charge in [0, 0.05) is 0 Å². The summed E-state index contributed by atoms with van der Waals surface area (Å²) >= 11 is 0. The van der Waals surface area contributed by atoms with Crippen molar-refractivity contribution in [2.24, 2.45) is 0 Å². The maximum Gasteiger partial charge on any atom is 0.357 e. The van der Waals surface area contributed by atoms with Crippen LogP contribution in [0.25, 0.3) is 0 Å². The molecule has 62 valence electrons. The van der Waals surface area contributed by atoms with Gasteiger partial charge in [-0.05, 0) is 6.07 Å². The summed E-state index contributed by atoms with van der Waals surface area (Å²) < 4.78 is 0. The standard InChI is InChI=1S/C6H4N2O4/c9-5(10)3-1-2-7-8-4(3)6(11)12/h1-2H,(H,9,10)(H,11,12). The van der Waals surface area contributed by atoms with Crippen LogP contribution >= 0.6 is 0 Å². The average molecular weight is 168 g/mol. The predicted octanol–water partition coefficient (Wildman–Crippen LogP) is -0.127. The van der Waals surface area contributed by atoms with E-state index in [-0.39, 0.29) is 5.56 Å². The monoisotopic (exact) mass is 168 g/mol. The van der Waals surface area contributed by atoms with E-state index >= 15 is 0 Å².